The van der Waals surface area contributed by atoms with Crippen molar-refractivity contribution in [2.24, 2.45) is 0 Å². The number of benzene rings is 1. The molecular formula is C19H13N5OS2. The SMILES string of the molecule is Cc1csc(C(C#N)C(=O)c2nc(-c3cccs3)n(-c3ccccc3)n2)n1. The van der Waals surface area contributed by atoms with Crippen LogP contribution in [0.2, 0.25) is 0 Å². The Morgan fingerprint density at radius 1 is 1.15 bits per heavy atom. The number of carbonyl (C=O) groups excluding carboxylic acids is 1. The lowest BCUT2D eigenvalue weighted by Gasteiger charge is -2.03. The van der Waals surface area contributed by atoms with E-state index in [4.69, 9.17) is 0 Å². The Morgan fingerprint density at radius 2 is 1.96 bits per heavy atom. The molecule has 0 radical (unpaired) electrons. The molecule has 0 bridgehead atoms. The van der Waals surface area contributed by atoms with Gasteiger partial charge in [0.1, 0.15) is 5.01 Å². The van der Waals surface area contributed by atoms with Crippen LogP contribution in [0.3, 0.4) is 0 Å². The highest BCUT2D eigenvalue weighted by Crippen LogP contribution is 2.28. The summed E-state index contributed by atoms with van der Waals surface area (Å²) in [7, 11) is 0. The molecule has 8 heteroatoms. The van der Waals surface area contributed by atoms with Crippen molar-refractivity contribution in [1.82, 2.24) is 19.7 Å². The summed E-state index contributed by atoms with van der Waals surface area (Å²) in [6.45, 7) is 1.83. The highest BCUT2D eigenvalue weighted by atomic mass is 32.1. The lowest BCUT2D eigenvalue weighted by Crippen LogP contribution is -2.13. The molecule has 0 aliphatic rings. The first-order valence-electron chi connectivity index (χ1n) is 8.09. The summed E-state index contributed by atoms with van der Waals surface area (Å²) in [5, 5.41) is 18.2. The van der Waals surface area contributed by atoms with E-state index in [1.807, 2.05) is 66.2 Å². The molecule has 0 N–H and O–H groups in total. The smallest absolute Gasteiger partial charge is 0.225 e. The summed E-state index contributed by atoms with van der Waals surface area (Å²) in [6, 6.07) is 15.4. The number of thiophene rings is 1. The van der Waals surface area contributed by atoms with Gasteiger partial charge in [-0.25, -0.2) is 14.6 Å². The monoisotopic (exact) mass is 391 g/mol. The number of ketones is 1. The maximum absolute atomic E-state index is 13.0. The van der Waals surface area contributed by atoms with Crippen LogP contribution in [0.5, 0.6) is 0 Å². The molecule has 1 aromatic carbocycles. The summed E-state index contributed by atoms with van der Waals surface area (Å²) in [6.07, 6.45) is 0. The second-order valence-electron chi connectivity index (χ2n) is 5.74. The topological polar surface area (TPSA) is 84.5 Å². The van der Waals surface area contributed by atoms with Gasteiger partial charge in [0.2, 0.25) is 11.6 Å². The van der Waals surface area contributed by atoms with E-state index in [1.54, 1.807) is 4.68 Å². The molecule has 0 saturated carbocycles. The molecule has 4 rings (SSSR count). The van der Waals surface area contributed by atoms with E-state index in [9.17, 15) is 10.1 Å². The summed E-state index contributed by atoms with van der Waals surface area (Å²) in [4.78, 5) is 22.6. The minimum absolute atomic E-state index is 0.0154. The minimum atomic E-state index is -1.01. The first kappa shape index (κ1) is 17.3. The Bertz CT molecular complexity index is 1120. The van der Waals surface area contributed by atoms with Crippen molar-refractivity contribution in [3.63, 3.8) is 0 Å². The second kappa shape index (κ2) is 7.23. The van der Waals surface area contributed by atoms with Gasteiger partial charge in [-0.15, -0.1) is 27.8 Å². The molecule has 0 aliphatic carbocycles. The summed E-state index contributed by atoms with van der Waals surface area (Å²) in [5.74, 6) is -0.862. The molecule has 0 spiro atoms. The molecule has 1 unspecified atom stereocenters. The third-order valence-corrected chi connectivity index (χ3v) is 5.74. The Balaban J connectivity index is 1.80. The highest BCUT2D eigenvalue weighted by Gasteiger charge is 2.29. The average molecular weight is 391 g/mol. The number of carbonyl (C=O) groups is 1. The fraction of sp³-hybridized carbons (Fsp3) is 0.105. The molecule has 3 heterocycles. The Kier molecular flexibility index (Phi) is 4.62. The molecule has 6 nitrogen and oxygen atoms in total. The first-order valence-corrected chi connectivity index (χ1v) is 9.85. The average Bonchev–Trinajstić information content (AvgIpc) is 3.43. The van der Waals surface area contributed by atoms with Gasteiger partial charge >= 0.3 is 0 Å². The number of aromatic nitrogens is 4. The lowest BCUT2D eigenvalue weighted by atomic mass is 10.1. The molecule has 3 aromatic heterocycles. The van der Waals surface area contributed by atoms with Gasteiger partial charge in [-0.05, 0) is 30.5 Å². The van der Waals surface area contributed by atoms with E-state index in [0.29, 0.717) is 10.8 Å². The second-order valence-corrected chi connectivity index (χ2v) is 7.57. The molecule has 4 aromatic rings. The zero-order valence-electron chi connectivity index (χ0n) is 14.2. The maximum atomic E-state index is 13.0. The number of nitrogens with zero attached hydrogens (tertiary/aromatic N) is 5. The summed E-state index contributed by atoms with van der Waals surface area (Å²) >= 11 is 2.81. The van der Waals surface area contributed by atoms with Crippen molar-refractivity contribution in [2.45, 2.75) is 12.8 Å². The molecule has 0 saturated heterocycles. The van der Waals surface area contributed by atoms with Crippen LogP contribution in [0.15, 0.2) is 53.2 Å². The number of hydrogen-bond donors (Lipinski definition) is 0. The standard InChI is InChI=1S/C19H13N5OS2/c1-12-11-27-19(21-12)14(10-20)16(25)17-22-18(15-8-5-9-26-15)24(23-17)13-6-3-2-4-7-13/h2-9,11,14H,1H3. The quantitative estimate of drug-likeness (QED) is 0.475. The normalized spacial score (nSPS) is 11.9. The van der Waals surface area contributed by atoms with Crippen molar-refractivity contribution in [2.75, 3.05) is 0 Å². The van der Waals surface area contributed by atoms with Gasteiger partial charge in [0.15, 0.2) is 11.7 Å². The number of nitriles is 1. The van der Waals surface area contributed by atoms with Gasteiger partial charge in [0, 0.05) is 11.1 Å². The van der Waals surface area contributed by atoms with E-state index in [-0.39, 0.29) is 5.82 Å². The van der Waals surface area contributed by atoms with Crippen LogP contribution in [0.1, 0.15) is 27.2 Å². The van der Waals surface area contributed by atoms with Crippen molar-refractivity contribution < 1.29 is 4.79 Å². The third-order valence-electron chi connectivity index (χ3n) is 3.84. The van der Waals surface area contributed by atoms with E-state index in [0.717, 1.165) is 16.3 Å². The van der Waals surface area contributed by atoms with Gasteiger partial charge in [-0.2, -0.15) is 5.26 Å². The third kappa shape index (κ3) is 3.30. The number of thiazole rings is 1. The van der Waals surface area contributed by atoms with Crippen molar-refractivity contribution in [3.8, 4) is 22.5 Å². The number of hydrogen-bond acceptors (Lipinski definition) is 7. The Hall–Kier alpha value is -3.15. The van der Waals surface area contributed by atoms with Gasteiger partial charge in [0.25, 0.3) is 0 Å². The molecule has 27 heavy (non-hydrogen) atoms. The molecule has 1 atom stereocenters. The zero-order chi connectivity index (χ0) is 18.8. The van der Waals surface area contributed by atoms with Crippen LogP contribution >= 0.6 is 22.7 Å². The number of Topliss-reactive ketones (excluding diaryl/α,β-unsaturated/α-hetero) is 1. The Labute approximate surface area is 163 Å². The molecule has 0 amide bonds. The minimum Gasteiger partial charge on any atom is -0.289 e. The molecule has 0 aliphatic heterocycles. The predicted octanol–water partition coefficient (Wildman–Crippen LogP) is 4.25. The van der Waals surface area contributed by atoms with Crippen molar-refractivity contribution in [3.05, 3.63) is 69.8 Å². The fourth-order valence-electron chi connectivity index (χ4n) is 2.59. The van der Waals surface area contributed by atoms with Gasteiger partial charge < -0.3 is 0 Å². The fourth-order valence-corrected chi connectivity index (χ4v) is 4.13. The van der Waals surface area contributed by atoms with Crippen molar-refractivity contribution >= 4 is 28.5 Å². The number of aryl methyl sites for hydroxylation is 1. The van der Waals surface area contributed by atoms with Crippen LogP contribution in [-0.2, 0) is 0 Å². The van der Waals surface area contributed by atoms with Crippen LogP contribution in [0.4, 0.5) is 0 Å². The van der Waals surface area contributed by atoms with E-state index in [2.05, 4.69) is 15.1 Å². The van der Waals surface area contributed by atoms with E-state index in [1.165, 1.54) is 22.7 Å². The van der Waals surface area contributed by atoms with Gasteiger partial charge in [-0.1, -0.05) is 24.3 Å². The van der Waals surface area contributed by atoms with Gasteiger partial charge in [-0.3, -0.25) is 4.79 Å². The predicted molar refractivity (Wildman–Crippen MR) is 104 cm³/mol. The first-order chi connectivity index (χ1) is 13.2. The number of para-hydroxylation sites is 1. The maximum Gasteiger partial charge on any atom is 0.225 e. The number of rotatable bonds is 5. The lowest BCUT2D eigenvalue weighted by molar-refractivity contribution is 0.0969. The van der Waals surface area contributed by atoms with Crippen molar-refractivity contribution in [1.29, 1.82) is 5.26 Å². The van der Waals surface area contributed by atoms with Crippen LogP contribution < -0.4 is 0 Å². The molecule has 132 valence electrons. The van der Waals surface area contributed by atoms with Crippen LogP contribution in [0, 0.1) is 18.3 Å². The summed E-state index contributed by atoms with van der Waals surface area (Å²) in [5.41, 5.74) is 1.58. The molecular weight excluding hydrogens is 378 g/mol. The summed E-state index contributed by atoms with van der Waals surface area (Å²) < 4.78 is 1.64. The highest BCUT2D eigenvalue weighted by molar-refractivity contribution is 7.13. The van der Waals surface area contributed by atoms with Gasteiger partial charge in [0.05, 0.1) is 16.6 Å². The van der Waals surface area contributed by atoms with E-state index >= 15 is 0 Å². The Morgan fingerprint density at radius 3 is 2.59 bits per heavy atom. The largest absolute Gasteiger partial charge is 0.289 e. The zero-order valence-corrected chi connectivity index (χ0v) is 15.9. The molecule has 0 fully saturated rings. The van der Waals surface area contributed by atoms with E-state index < -0.39 is 11.7 Å². The van der Waals surface area contributed by atoms with Crippen LogP contribution in [-0.4, -0.2) is 25.5 Å². The van der Waals surface area contributed by atoms with Crippen LogP contribution in [0.25, 0.3) is 16.4 Å².